The summed E-state index contributed by atoms with van der Waals surface area (Å²) in [6.07, 6.45) is 4.35. The number of hydrogen-bond donors (Lipinski definition) is 2. The highest BCUT2D eigenvalue weighted by atomic mass is 127. The number of ether oxygens (including phenoxy) is 1. The molecule has 0 amide bonds. The third-order valence-corrected chi connectivity index (χ3v) is 8.29. The highest BCUT2D eigenvalue weighted by Gasteiger charge is 2.23. The molecule has 0 atom stereocenters. The molecule has 2 N–H and O–H groups in total. The lowest BCUT2D eigenvalue weighted by atomic mass is 10.3. The van der Waals surface area contributed by atoms with Gasteiger partial charge in [-0.3, -0.25) is 4.99 Å². The third-order valence-electron chi connectivity index (χ3n) is 4.63. The largest absolute Gasteiger partial charge is 0.381 e. The summed E-state index contributed by atoms with van der Waals surface area (Å²) in [5.41, 5.74) is 0. The van der Waals surface area contributed by atoms with Crippen LogP contribution >= 0.6 is 35.3 Å². The van der Waals surface area contributed by atoms with Crippen LogP contribution in [0.1, 0.15) is 38.0 Å². The number of rotatable bonds is 13. The van der Waals surface area contributed by atoms with Crippen LogP contribution < -0.4 is 10.6 Å². The molecule has 1 fully saturated rings. The number of nitrogens with zero attached hydrogens (tertiary/aromatic N) is 2. The van der Waals surface area contributed by atoms with Crippen LogP contribution in [0, 0.1) is 5.92 Å². The van der Waals surface area contributed by atoms with E-state index in [4.69, 9.17) is 4.74 Å². The highest BCUT2D eigenvalue weighted by molar-refractivity contribution is 14.0. The molecule has 1 heterocycles. The summed E-state index contributed by atoms with van der Waals surface area (Å²) < 4.78 is 32.6. The number of guanidine groups is 1. The molecule has 1 aromatic heterocycles. The van der Waals surface area contributed by atoms with Crippen molar-refractivity contribution in [3.63, 3.8) is 0 Å². The van der Waals surface area contributed by atoms with Crippen molar-refractivity contribution in [2.45, 2.75) is 43.7 Å². The molecule has 168 valence electrons. The topological polar surface area (TPSA) is 83.0 Å². The maximum absolute atomic E-state index is 12.6. The van der Waals surface area contributed by atoms with Crippen LogP contribution in [0.2, 0.25) is 0 Å². The Morgan fingerprint density at radius 2 is 1.93 bits per heavy atom. The number of thiophene rings is 1. The van der Waals surface area contributed by atoms with Crippen molar-refractivity contribution in [3.05, 3.63) is 17.0 Å². The zero-order chi connectivity index (χ0) is 20.4. The zero-order valence-electron chi connectivity index (χ0n) is 17.6. The van der Waals surface area contributed by atoms with E-state index in [1.165, 1.54) is 28.5 Å². The standard InChI is InChI=1S/C19H34N4O3S2.HI/c1-4-23(5-2)28(24,25)18-10-9-17(27-18)11-13-22-19(20-3)21-12-6-14-26-15-16-7-8-16;/h9-10,16H,4-8,11-15H2,1-3H3,(H2,20,21,22);1H. The van der Waals surface area contributed by atoms with E-state index in [0.29, 0.717) is 23.8 Å². The van der Waals surface area contributed by atoms with Gasteiger partial charge in [-0.05, 0) is 43.7 Å². The second-order valence-corrected chi connectivity index (χ2v) is 10.2. The van der Waals surface area contributed by atoms with Crippen molar-refractivity contribution in [2.75, 3.05) is 46.4 Å². The number of hydrogen-bond acceptors (Lipinski definition) is 5. The first-order valence-corrected chi connectivity index (χ1v) is 12.4. The van der Waals surface area contributed by atoms with E-state index in [2.05, 4.69) is 15.6 Å². The molecule has 2 rings (SSSR count). The first-order valence-electron chi connectivity index (χ1n) is 10.1. The van der Waals surface area contributed by atoms with Gasteiger partial charge >= 0.3 is 0 Å². The number of sulfonamides is 1. The molecular formula is C19H35IN4O3S2. The van der Waals surface area contributed by atoms with Gasteiger partial charge in [0.05, 0.1) is 0 Å². The van der Waals surface area contributed by atoms with Crippen molar-refractivity contribution in [1.82, 2.24) is 14.9 Å². The summed E-state index contributed by atoms with van der Waals surface area (Å²) >= 11 is 1.35. The fourth-order valence-corrected chi connectivity index (χ4v) is 5.73. The molecule has 0 aliphatic heterocycles. The maximum Gasteiger partial charge on any atom is 0.252 e. The first kappa shape index (κ1) is 26.6. The van der Waals surface area contributed by atoms with Crippen LogP contribution in [0.25, 0.3) is 0 Å². The van der Waals surface area contributed by atoms with Crippen LogP contribution in [0.3, 0.4) is 0 Å². The van der Waals surface area contributed by atoms with Gasteiger partial charge in [0.2, 0.25) is 0 Å². The minimum atomic E-state index is -3.36. The molecule has 0 saturated heterocycles. The summed E-state index contributed by atoms with van der Waals surface area (Å²) in [5.74, 6) is 1.57. The highest BCUT2D eigenvalue weighted by Crippen LogP contribution is 2.28. The average Bonchev–Trinajstić information content (AvgIpc) is 3.38. The van der Waals surface area contributed by atoms with Gasteiger partial charge in [0.1, 0.15) is 4.21 Å². The van der Waals surface area contributed by atoms with E-state index >= 15 is 0 Å². The molecule has 0 bridgehead atoms. The number of halogens is 1. The van der Waals surface area contributed by atoms with Gasteiger partial charge in [-0.2, -0.15) is 4.31 Å². The second kappa shape index (κ2) is 13.8. The minimum absolute atomic E-state index is 0. The number of nitrogens with one attached hydrogen (secondary N) is 2. The lowest BCUT2D eigenvalue weighted by Gasteiger charge is -2.16. The lowest BCUT2D eigenvalue weighted by molar-refractivity contribution is 0.123. The van der Waals surface area contributed by atoms with E-state index in [9.17, 15) is 8.42 Å². The van der Waals surface area contributed by atoms with Crippen LogP contribution in [0.15, 0.2) is 21.3 Å². The molecule has 0 unspecified atom stereocenters. The molecule has 10 heteroatoms. The smallest absolute Gasteiger partial charge is 0.252 e. The van der Waals surface area contributed by atoms with Crippen LogP contribution in [-0.2, 0) is 21.2 Å². The van der Waals surface area contributed by atoms with E-state index in [0.717, 1.165) is 49.4 Å². The number of aliphatic imine (C=N–C) groups is 1. The normalized spacial score (nSPS) is 14.7. The first-order chi connectivity index (χ1) is 13.5. The van der Waals surface area contributed by atoms with E-state index in [1.807, 2.05) is 19.9 Å². The molecule has 1 aromatic rings. The van der Waals surface area contributed by atoms with Gasteiger partial charge in [-0.15, -0.1) is 35.3 Å². The van der Waals surface area contributed by atoms with Crippen molar-refractivity contribution in [3.8, 4) is 0 Å². The van der Waals surface area contributed by atoms with E-state index < -0.39 is 10.0 Å². The Labute approximate surface area is 196 Å². The predicted molar refractivity (Wildman–Crippen MR) is 131 cm³/mol. The molecule has 1 aliphatic rings. The Bertz CT molecular complexity index is 717. The van der Waals surface area contributed by atoms with Crippen molar-refractivity contribution < 1.29 is 13.2 Å². The molecule has 1 saturated carbocycles. The lowest BCUT2D eigenvalue weighted by Crippen LogP contribution is -2.38. The summed E-state index contributed by atoms with van der Waals surface area (Å²) in [6, 6.07) is 3.61. The molecule has 0 aromatic carbocycles. The van der Waals surface area contributed by atoms with Gasteiger partial charge < -0.3 is 15.4 Å². The van der Waals surface area contributed by atoms with Gasteiger partial charge in [0.25, 0.3) is 10.0 Å². The molecule has 0 spiro atoms. The molecule has 29 heavy (non-hydrogen) atoms. The van der Waals surface area contributed by atoms with E-state index in [-0.39, 0.29) is 24.0 Å². The zero-order valence-corrected chi connectivity index (χ0v) is 21.6. The molecular weight excluding hydrogens is 523 g/mol. The van der Waals surface area contributed by atoms with Gasteiger partial charge in [0.15, 0.2) is 5.96 Å². The molecule has 7 nitrogen and oxygen atoms in total. The summed E-state index contributed by atoms with van der Waals surface area (Å²) in [7, 11) is -1.62. The Kier molecular flexibility index (Phi) is 12.7. The summed E-state index contributed by atoms with van der Waals surface area (Å²) in [4.78, 5) is 5.26. The molecule has 1 aliphatic carbocycles. The summed E-state index contributed by atoms with van der Waals surface area (Å²) in [6.45, 7) is 7.88. The fraction of sp³-hybridized carbons (Fsp3) is 0.737. The van der Waals surface area contributed by atoms with Crippen LogP contribution in [0.4, 0.5) is 0 Å². The average molecular weight is 559 g/mol. The monoisotopic (exact) mass is 558 g/mol. The van der Waals surface area contributed by atoms with Crippen molar-refractivity contribution in [1.29, 1.82) is 0 Å². The van der Waals surface area contributed by atoms with Gasteiger partial charge in [0, 0.05) is 51.3 Å². The Balaban J connectivity index is 0.00000420. The van der Waals surface area contributed by atoms with Crippen molar-refractivity contribution >= 4 is 51.3 Å². The van der Waals surface area contributed by atoms with Crippen LogP contribution in [-0.4, -0.2) is 65.1 Å². The van der Waals surface area contributed by atoms with Gasteiger partial charge in [-0.25, -0.2) is 8.42 Å². The Hall–Kier alpha value is -0.430. The fourth-order valence-electron chi connectivity index (χ4n) is 2.76. The SMILES string of the molecule is CCN(CC)S(=O)(=O)c1ccc(CCNC(=NC)NCCCOCC2CC2)s1.I. The molecule has 0 radical (unpaired) electrons. The van der Waals surface area contributed by atoms with E-state index in [1.54, 1.807) is 13.1 Å². The minimum Gasteiger partial charge on any atom is -0.381 e. The quantitative estimate of drug-likeness (QED) is 0.169. The van der Waals surface area contributed by atoms with Gasteiger partial charge in [-0.1, -0.05) is 13.8 Å². The Morgan fingerprint density at radius 1 is 1.24 bits per heavy atom. The van der Waals surface area contributed by atoms with Crippen LogP contribution in [0.5, 0.6) is 0 Å². The Morgan fingerprint density at radius 3 is 2.55 bits per heavy atom. The maximum atomic E-state index is 12.6. The van der Waals surface area contributed by atoms with Crippen molar-refractivity contribution in [2.24, 2.45) is 10.9 Å². The second-order valence-electron chi connectivity index (χ2n) is 6.86. The third kappa shape index (κ3) is 9.07. The summed E-state index contributed by atoms with van der Waals surface area (Å²) in [5, 5.41) is 6.55. The predicted octanol–water partition coefficient (Wildman–Crippen LogP) is 2.92.